The maximum atomic E-state index is 11.4. The first kappa shape index (κ1) is 17.9. The van der Waals surface area contributed by atoms with Gasteiger partial charge in [0.1, 0.15) is 17.4 Å². The van der Waals surface area contributed by atoms with Crippen molar-refractivity contribution in [3.8, 4) is 5.75 Å². The molecule has 0 fully saturated rings. The van der Waals surface area contributed by atoms with Crippen LogP contribution >= 0.6 is 34.8 Å². The van der Waals surface area contributed by atoms with Crippen LogP contribution in [0.3, 0.4) is 0 Å². The van der Waals surface area contributed by atoms with Gasteiger partial charge < -0.3 is 13.9 Å². The maximum Gasteiger partial charge on any atom is 0.310 e. The molecular formula is C18H13Cl3O4. The molecule has 7 heteroatoms. The van der Waals surface area contributed by atoms with Gasteiger partial charge in [-0.2, -0.15) is 0 Å². The number of carbonyl (C=O) groups excluding carboxylic acids is 1. The van der Waals surface area contributed by atoms with Crippen LogP contribution in [0.25, 0.3) is 11.0 Å². The second-order valence-corrected chi connectivity index (χ2v) is 6.51. The summed E-state index contributed by atoms with van der Waals surface area (Å²) < 4.78 is 15.9. The van der Waals surface area contributed by atoms with Gasteiger partial charge in [-0.3, -0.25) is 4.79 Å². The lowest BCUT2D eigenvalue weighted by Crippen LogP contribution is -2.03. The van der Waals surface area contributed by atoms with Gasteiger partial charge in [0.25, 0.3) is 0 Å². The van der Waals surface area contributed by atoms with E-state index in [9.17, 15) is 4.79 Å². The Morgan fingerprint density at radius 1 is 1.12 bits per heavy atom. The van der Waals surface area contributed by atoms with E-state index in [2.05, 4.69) is 4.74 Å². The van der Waals surface area contributed by atoms with Gasteiger partial charge in [0.2, 0.25) is 0 Å². The summed E-state index contributed by atoms with van der Waals surface area (Å²) in [6.07, 6.45) is 1.60. The number of carbonyl (C=O) groups is 1. The highest BCUT2D eigenvalue weighted by atomic mass is 35.5. The average molecular weight is 400 g/mol. The van der Waals surface area contributed by atoms with Gasteiger partial charge in [0.05, 0.1) is 19.8 Å². The first-order valence-electron chi connectivity index (χ1n) is 7.31. The molecule has 1 aromatic heterocycles. The largest absolute Gasteiger partial charge is 0.487 e. The van der Waals surface area contributed by atoms with Gasteiger partial charge in [-0.05, 0) is 24.3 Å². The number of methoxy groups -OCH3 is 1. The molecule has 1 heterocycles. The Labute approximate surface area is 159 Å². The fourth-order valence-corrected chi connectivity index (χ4v) is 3.10. The Kier molecular flexibility index (Phi) is 5.42. The number of hydrogen-bond donors (Lipinski definition) is 0. The molecule has 0 atom stereocenters. The van der Waals surface area contributed by atoms with Gasteiger partial charge in [-0.15, -0.1) is 0 Å². The van der Waals surface area contributed by atoms with Crippen molar-refractivity contribution in [1.29, 1.82) is 0 Å². The van der Waals surface area contributed by atoms with E-state index in [0.717, 1.165) is 10.9 Å². The summed E-state index contributed by atoms with van der Waals surface area (Å²) in [6.45, 7) is 0.233. The topological polar surface area (TPSA) is 48.7 Å². The standard InChI is InChI=1S/C18H13Cl3O4/c1-23-16(22)6-11-9-25-18-13(11)4-5-15(17(18)21)24-8-10-2-3-12(19)7-14(10)20/h2-5,7,9H,6,8H2,1H3. The second-order valence-electron chi connectivity index (χ2n) is 5.29. The van der Waals surface area contributed by atoms with E-state index in [1.165, 1.54) is 13.4 Å². The molecular weight excluding hydrogens is 387 g/mol. The minimum Gasteiger partial charge on any atom is -0.487 e. The fourth-order valence-electron chi connectivity index (χ4n) is 2.37. The smallest absolute Gasteiger partial charge is 0.310 e. The van der Waals surface area contributed by atoms with E-state index in [1.807, 2.05) is 0 Å². The van der Waals surface area contributed by atoms with Crippen LogP contribution in [0, 0.1) is 0 Å². The third-order valence-corrected chi connectivity index (χ3v) is 4.63. The quantitative estimate of drug-likeness (QED) is 0.517. The monoisotopic (exact) mass is 398 g/mol. The van der Waals surface area contributed by atoms with Gasteiger partial charge in [-0.1, -0.05) is 40.9 Å². The molecule has 2 aromatic carbocycles. The maximum absolute atomic E-state index is 11.4. The highest BCUT2D eigenvalue weighted by Crippen LogP contribution is 2.36. The number of hydrogen-bond acceptors (Lipinski definition) is 4. The Morgan fingerprint density at radius 3 is 2.64 bits per heavy atom. The minimum absolute atomic E-state index is 0.112. The number of halogens is 3. The number of esters is 1. The lowest BCUT2D eigenvalue weighted by atomic mass is 10.1. The van der Waals surface area contributed by atoms with Gasteiger partial charge >= 0.3 is 5.97 Å². The molecule has 3 rings (SSSR count). The van der Waals surface area contributed by atoms with Crippen LogP contribution in [-0.2, 0) is 22.6 Å². The molecule has 0 radical (unpaired) electrons. The number of benzene rings is 2. The van der Waals surface area contributed by atoms with Crippen LogP contribution in [0.1, 0.15) is 11.1 Å². The van der Waals surface area contributed by atoms with Crippen molar-refractivity contribution in [2.24, 2.45) is 0 Å². The molecule has 0 saturated heterocycles. The normalized spacial score (nSPS) is 10.9. The second kappa shape index (κ2) is 7.56. The zero-order valence-electron chi connectivity index (χ0n) is 13.1. The lowest BCUT2D eigenvalue weighted by Gasteiger charge is -2.10. The third-order valence-electron chi connectivity index (χ3n) is 3.69. The van der Waals surface area contributed by atoms with Crippen molar-refractivity contribution < 1.29 is 18.7 Å². The van der Waals surface area contributed by atoms with E-state index in [-0.39, 0.29) is 19.0 Å². The Bertz CT molecular complexity index is 933. The third kappa shape index (κ3) is 3.87. The van der Waals surface area contributed by atoms with E-state index in [1.54, 1.807) is 30.3 Å². The summed E-state index contributed by atoms with van der Waals surface area (Å²) in [5.41, 5.74) is 1.95. The summed E-state index contributed by atoms with van der Waals surface area (Å²) in [6, 6.07) is 8.70. The predicted molar refractivity (Wildman–Crippen MR) is 97.7 cm³/mol. The summed E-state index contributed by atoms with van der Waals surface area (Å²) >= 11 is 18.4. The Hall–Kier alpha value is -1.88. The molecule has 0 N–H and O–H groups in total. The predicted octanol–water partition coefficient (Wildman–Crippen LogP) is 5.69. The van der Waals surface area contributed by atoms with Crippen molar-refractivity contribution in [3.05, 3.63) is 62.8 Å². The Morgan fingerprint density at radius 2 is 1.92 bits per heavy atom. The average Bonchev–Trinajstić information content (AvgIpc) is 2.99. The number of fused-ring (bicyclic) bond motifs is 1. The van der Waals surface area contributed by atoms with Crippen LogP contribution in [0.15, 0.2) is 41.0 Å². The molecule has 0 aliphatic carbocycles. The van der Waals surface area contributed by atoms with E-state index >= 15 is 0 Å². The molecule has 0 aliphatic rings. The minimum atomic E-state index is -0.350. The summed E-state index contributed by atoms with van der Waals surface area (Å²) in [4.78, 5) is 11.4. The number of furan rings is 1. The molecule has 0 amide bonds. The highest BCUT2D eigenvalue weighted by molar-refractivity contribution is 6.36. The van der Waals surface area contributed by atoms with Crippen LogP contribution in [-0.4, -0.2) is 13.1 Å². The van der Waals surface area contributed by atoms with Gasteiger partial charge in [-0.25, -0.2) is 0 Å². The molecule has 3 aromatic rings. The first-order chi connectivity index (χ1) is 12.0. The van der Waals surface area contributed by atoms with Crippen LogP contribution in [0.4, 0.5) is 0 Å². The van der Waals surface area contributed by atoms with Crippen molar-refractivity contribution in [2.75, 3.05) is 7.11 Å². The Balaban J connectivity index is 1.83. The molecule has 0 saturated carbocycles. The lowest BCUT2D eigenvalue weighted by molar-refractivity contribution is -0.139. The van der Waals surface area contributed by atoms with E-state index in [4.69, 9.17) is 44.0 Å². The molecule has 130 valence electrons. The highest BCUT2D eigenvalue weighted by Gasteiger charge is 2.16. The summed E-state index contributed by atoms with van der Waals surface area (Å²) in [7, 11) is 1.34. The summed E-state index contributed by atoms with van der Waals surface area (Å²) in [5, 5.41) is 2.15. The number of rotatable bonds is 5. The molecule has 0 unspecified atom stereocenters. The van der Waals surface area contributed by atoms with E-state index in [0.29, 0.717) is 32.0 Å². The van der Waals surface area contributed by atoms with Crippen molar-refractivity contribution in [1.82, 2.24) is 0 Å². The van der Waals surface area contributed by atoms with E-state index < -0.39 is 0 Å². The van der Waals surface area contributed by atoms with Gasteiger partial charge in [0, 0.05) is 26.6 Å². The molecule has 0 aliphatic heterocycles. The molecule has 0 spiro atoms. The first-order valence-corrected chi connectivity index (χ1v) is 8.45. The van der Waals surface area contributed by atoms with Crippen molar-refractivity contribution in [3.63, 3.8) is 0 Å². The SMILES string of the molecule is COC(=O)Cc1coc2c(Cl)c(OCc3ccc(Cl)cc3Cl)ccc12. The zero-order chi connectivity index (χ0) is 18.0. The molecule has 4 nitrogen and oxygen atoms in total. The van der Waals surface area contributed by atoms with Crippen LogP contribution in [0.5, 0.6) is 5.75 Å². The van der Waals surface area contributed by atoms with Crippen LogP contribution in [0.2, 0.25) is 15.1 Å². The zero-order valence-corrected chi connectivity index (χ0v) is 15.4. The molecule has 0 bridgehead atoms. The van der Waals surface area contributed by atoms with Gasteiger partial charge in [0.15, 0.2) is 5.58 Å². The number of ether oxygens (including phenoxy) is 2. The molecule has 25 heavy (non-hydrogen) atoms. The van der Waals surface area contributed by atoms with Crippen LogP contribution < -0.4 is 4.74 Å². The fraction of sp³-hybridized carbons (Fsp3) is 0.167. The van der Waals surface area contributed by atoms with Crippen molar-refractivity contribution in [2.45, 2.75) is 13.0 Å². The van der Waals surface area contributed by atoms with Crippen molar-refractivity contribution >= 4 is 51.7 Å². The summed E-state index contributed by atoms with van der Waals surface area (Å²) in [5.74, 6) is 0.107.